The molecule has 6 nitrogen and oxygen atoms in total. The lowest BCUT2D eigenvalue weighted by Crippen LogP contribution is -2.64. The maximum absolute atomic E-state index is 12.0. The minimum absolute atomic E-state index is 0.234. The number of aromatic nitrogens is 2. The number of thioether (sulfide) groups is 1. The Labute approximate surface area is 204 Å². The molecular formula is C27H30N3O3S+. The third kappa shape index (κ3) is 4.01. The van der Waals surface area contributed by atoms with Gasteiger partial charge in [-0.3, -0.25) is 0 Å². The van der Waals surface area contributed by atoms with E-state index in [0.29, 0.717) is 18.4 Å². The quantitative estimate of drug-likeness (QED) is 0.518. The maximum atomic E-state index is 12.0. The average Bonchev–Trinajstić information content (AvgIpc) is 3.58. The van der Waals surface area contributed by atoms with Gasteiger partial charge in [0.1, 0.15) is 12.6 Å². The third-order valence-corrected chi connectivity index (χ3v) is 8.56. The Morgan fingerprint density at radius 3 is 2.32 bits per heavy atom. The lowest BCUT2D eigenvalue weighted by molar-refractivity contribution is -0.959. The highest BCUT2D eigenvalue weighted by Gasteiger charge is 2.48. The van der Waals surface area contributed by atoms with Gasteiger partial charge in [-0.2, -0.15) is 4.98 Å². The van der Waals surface area contributed by atoms with Gasteiger partial charge in [-0.15, -0.1) is 11.8 Å². The van der Waals surface area contributed by atoms with Gasteiger partial charge in [0.05, 0.1) is 19.2 Å². The molecule has 1 unspecified atom stereocenters. The Morgan fingerprint density at radius 2 is 1.71 bits per heavy atom. The van der Waals surface area contributed by atoms with E-state index in [1.807, 2.05) is 72.4 Å². The molecule has 176 valence electrons. The molecule has 0 saturated carbocycles. The summed E-state index contributed by atoms with van der Waals surface area (Å²) < 4.78 is 13.2. The van der Waals surface area contributed by atoms with E-state index in [4.69, 9.17) is 14.2 Å². The summed E-state index contributed by atoms with van der Waals surface area (Å²) in [7, 11) is 0. The number of ether oxygens (including phenoxy) is 1. The number of fused-ring (bicyclic) bond motifs is 3. The largest absolute Gasteiger partial charge is 0.373 e. The Kier molecular flexibility index (Phi) is 5.81. The smallest absolute Gasteiger partial charge is 0.282 e. The van der Waals surface area contributed by atoms with Crippen LogP contribution in [0.3, 0.4) is 0 Å². The molecule has 2 aromatic carbocycles. The summed E-state index contributed by atoms with van der Waals surface area (Å²) in [5.74, 6) is 2.54. The van der Waals surface area contributed by atoms with Crippen molar-refractivity contribution in [2.75, 3.05) is 25.4 Å². The van der Waals surface area contributed by atoms with E-state index in [-0.39, 0.29) is 18.0 Å². The normalized spacial score (nSPS) is 28.4. The van der Waals surface area contributed by atoms with Crippen LogP contribution in [0.4, 0.5) is 0 Å². The van der Waals surface area contributed by atoms with Crippen molar-refractivity contribution >= 4 is 11.8 Å². The molecule has 4 aliphatic rings. The van der Waals surface area contributed by atoms with E-state index in [9.17, 15) is 5.11 Å². The third-order valence-electron chi connectivity index (χ3n) is 7.69. The fourth-order valence-electron chi connectivity index (χ4n) is 5.79. The van der Waals surface area contributed by atoms with Crippen molar-refractivity contribution in [3.05, 3.63) is 95.0 Å². The molecule has 5 heterocycles. The van der Waals surface area contributed by atoms with Crippen molar-refractivity contribution in [2.45, 2.75) is 37.2 Å². The molecule has 7 heteroatoms. The molecule has 34 heavy (non-hydrogen) atoms. The minimum Gasteiger partial charge on any atom is -0.373 e. The Balaban J connectivity index is 1.26. The van der Waals surface area contributed by atoms with Crippen molar-refractivity contribution in [3.63, 3.8) is 0 Å². The highest BCUT2D eigenvalue weighted by molar-refractivity contribution is 8.02. The van der Waals surface area contributed by atoms with E-state index in [0.717, 1.165) is 41.0 Å². The van der Waals surface area contributed by atoms with E-state index >= 15 is 0 Å². The van der Waals surface area contributed by atoms with Crippen LogP contribution in [0.5, 0.6) is 0 Å². The lowest BCUT2D eigenvalue weighted by Gasteiger charge is -2.52. The zero-order valence-corrected chi connectivity index (χ0v) is 19.9. The SMILES string of the molecule is OC(c1ccccc1)(c1ccccc1)c1noc(C[N+]23CCC(CC2)[C@@H](OC2C=CSC2)C3)n1. The Bertz CT molecular complexity index is 1100. The van der Waals surface area contributed by atoms with Gasteiger partial charge in [-0.05, 0) is 22.6 Å². The van der Waals surface area contributed by atoms with E-state index in [1.54, 1.807) is 0 Å². The molecule has 3 aromatic rings. The predicted octanol–water partition coefficient (Wildman–Crippen LogP) is 4.11. The molecule has 7 rings (SSSR count). The van der Waals surface area contributed by atoms with E-state index < -0.39 is 5.60 Å². The van der Waals surface area contributed by atoms with Gasteiger partial charge >= 0.3 is 0 Å². The molecular weight excluding hydrogens is 446 g/mol. The molecule has 2 atom stereocenters. The number of aliphatic hydroxyl groups is 1. The molecule has 0 amide bonds. The highest BCUT2D eigenvalue weighted by atomic mass is 32.2. The second-order valence-corrected chi connectivity index (χ2v) is 10.7. The number of nitrogens with zero attached hydrogens (tertiary/aromatic N) is 3. The van der Waals surface area contributed by atoms with E-state index in [2.05, 4.69) is 16.6 Å². The van der Waals surface area contributed by atoms with Gasteiger partial charge in [0.2, 0.25) is 5.82 Å². The Hall–Kier alpha value is -2.45. The highest BCUT2D eigenvalue weighted by Crippen LogP contribution is 2.39. The van der Waals surface area contributed by atoms with Crippen LogP contribution >= 0.6 is 11.8 Å². The van der Waals surface area contributed by atoms with Crippen LogP contribution in [0.1, 0.15) is 35.7 Å². The van der Waals surface area contributed by atoms with Crippen LogP contribution in [0.2, 0.25) is 0 Å². The lowest BCUT2D eigenvalue weighted by atomic mass is 9.83. The zero-order valence-electron chi connectivity index (χ0n) is 19.1. The summed E-state index contributed by atoms with van der Waals surface area (Å²) in [4.78, 5) is 4.77. The molecule has 4 aliphatic heterocycles. The standard InChI is InChI=1S/C27H30N3O3S/c31-27(21-7-3-1-4-8-21,22-9-5-2-6-10-22)26-28-25(33-29-26)18-30-14-11-20(12-15-30)24(17-30)32-23-13-16-34-19-23/h1-10,13,16,20,23-24,31H,11-12,14-15,17-19H2/q+1/t20?,23?,24-,30?/m0/s1. The maximum Gasteiger partial charge on any atom is 0.282 e. The molecule has 0 radical (unpaired) electrons. The van der Waals surface area contributed by atoms with E-state index in [1.165, 1.54) is 12.8 Å². The van der Waals surface area contributed by atoms with Crippen LogP contribution in [0.25, 0.3) is 0 Å². The summed E-state index contributed by atoms with van der Waals surface area (Å²) in [6, 6.07) is 19.1. The first-order chi connectivity index (χ1) is 16.6. The first kappa shape index (κ1) is 22.0. The van der Waals surface area contributed by atoms with Crippen molar-refractivity contribution < 1.29 is 18.8 Å². The molecule has 1 N–H and O–H groups in total. The number of rotatable bonds is 7. The average molecular weight is 477 g/mol. The number of hydrogen-bond donors (Lipinski definition) is 1. The summed E-state index contributed by atoms with van der Waals surface area (Å²) in [6.45, 7) is 3.88. The monoisotopic (exact) mass is 476 g/mol. The van der Waals surface area contributed by atoms with Crippen LogP contribution < -0.4 is 0 Å². The van der Waals surface area contributed by atoms with Gasteiger partial charge in [-0.25, -0.2) is 0 Å². The zero-order chi connectivity index (χ0) is 23.0. The molecule has 3 fully saturated rings. The number of piperidine rings is 3. The topological polar surface area (TPSA) is 68.4 Å². The molecule has 3 saturated heterocycles. The number of hydrogen-bond acceptors (Lipinski definition) is 6. The van der Waals surface area contributed by atoms with Crippen LogP contribution in [0, 0.1) is 5.92 Å². The predicted molar refractivity (Wildman–Crippen MR) is 131 cm³/mol. The second kappa shape index (κ2) is 8.96. The summed E-state index contributed by atoms with van der Waals surface area (Å²) >= 11 is 1.83. The fraction of sp³-hybridized carbons (Fsp3) is 0.407. The van der Waals surface area contributed by atoms with Crippen LogP contribution in [-0.4, -0.2) is 57.3 Å². The van der Waals surface area contributed by atoms with Gasteiger partial charge < -0.3 is 18.8 Å². The second-order valence-electron chi connectivity index (χ2n) is 9.80. The van der Waals surface area contributed by atoms with Crippen LogP contribution in [0.15, 0.2) is 76.7 Å². The number of benzene rings is 2. The first-order valence-corrected chi connectivity index (χ1v) is 13.1. The van der Waals surface area contributed by atoms with Crippen molar-refractivity contribution in [1.82, 2.24) is 10.1 Å². The molecule has 0 aliphatic carbocycles. The summed E-state index contributed by atoms with van der Waals surface area (Å²) in [6.07, 6.45) is 5.05. The number of quaternary nitrogens is 1. The molecule has 0 spiro atoms. The summed E-state index contributed by atoms with van der Waals surface area (Å²) in [5, 5.41) is 18.4. The van der Waals surface area contributed by atoms with Gasteiger partial charge in [-0.1, -0.05) is 65.8 Å². The van der Waals surface area contributed by atoms with Gasteiger partial charge in [0, 0.05) is 24.5 Å². The van der Waals surface area contributed by atoms with Crippen molar-refractivity contribution in [1.29, 1.82) is 0 Å². The van der Waals surface area contributed by atoms with Crippen molar-refractivity contribution in [3.8, 4) is 0 Å². The molecule has 2 bridgehead atoms. The fourth-order valence-corrected chi connectivity index (χ4v) is 6.57. The minimum atomic E-state index is -1.47. The summed E-state index contributed by atoms with van der Waals surface area (Å²) in [5.41, 5.74) is -0.0391. The van der Waals surface area contributed by atoms with Gasteiger partial charge in [0.25, 0.3) is 5.89 Å². The van der Waals surface area contributed by atoms with Crippen molar-refractivity contribution in [2.24, 2.45) is 5.92 Å². The van der Waals surface area contributed by atoms with Crippen LogP contribution in [-0.2, 0) is 16.9 Å². The molecule has 1 aromatic heterocycles. The van der Waals surface area contributed by atoms with Gasteiger partial charge in [0.15, 0.2) is 12.1 Å². The Morgan fingerprint density at radius 1 is 1.03 bits per heavy atom. The first-order valence-electron chi connectivity index (χ1n) is 12.1.